The molecule has 1 nitrogen and oxygen atoms in total. The Bertz CT molecular complexity index is 279. The molecule has 0 saturated carbocycles. The van der Waals surface area contributed by atoms with Crippen LogP contribution >= 0.6 is 12.6 Å². The first-order chi connectivity index (χ1) is 7.13. The summed E-state index contributed by atoms with van der Waals surface area (Å²) >= 11 is 4.45. The number of aryl methyl sites for hydroxylation is 1. The molecule has 84 valence electrons. The molecular weight excluding hydrogens is 204 g/mol. The smallest absolute Gasteiger partial charge is 0.118 e. The van der Waals surface area contributed by atoms with Crippen molar-refractivity contribution in [1.82, 2.24) is 0 Å². The van der Waals surface area contributed by atoms with Crippen LogP contribution in [0.5, 0.6) is 5.75 Å². The Kier molecular flexibility index (Phi) is 5.03. The Morgan fingerprint density at radius 1 is 1.20 bits per heavy atom. The van der Waals surface area contributed by atoms with Gasteiger partial charge in [0.05, 0.1) is 7.11 Å². The van der Waals surface area contributed by atoms with E-state index < -0.39 is 0 Å². The minimum atomic E-state index is 0.475. The molecule has 0 radical (unpaired) electrons. The highest BCUT2D eigenvalue weighted by molar-refractivity contribution is 7.80. The van der Waals surface area contributed by atoms with Crippen molar-refractivity contribution in [3.8, 4) is 5.75 Å². The molecule has 0 aliphatic heterocycles. The number of hydrogen-bond donors (Lipinski definition) is 1. The standard InChI is InChI=1S/C13H20OS/c1-10(11(2)15)4-5-12-6-8-13(14-3)9-7-12/h6-11,15H,4-5H2,1-3H3. The van der Waals surface area contributed by atoms with Crippen molar-refractivity contribution in [3.63, 3.8) is 0 Å². The van der Waals surface area contributed by atoms with Crippen LogP contribution in [-0.2, 0) is 6.42 Å². The van der Waals surface area contributed by atoms with E-state index >= 15 is 0 Å². The summed E-state index contributed by atoms with van der Waals surface area (Å²) in [6.07, 6.45) is 2.31. The molecular formula is C13H20OS. The van der Waals surface area contributed by atoms with Gasteiger partial charge in [0.1, 0.15) is 5.75 Å². The molecule has 1 rings (SSSR count). The molecule has 2 unspecified atom stereocenters. The summed E-state index contributed by atoms with van der Waals surface area (Å²) in [5.41, 5.74) is 1.37. The van der Waals surface area contributed by atoms with Crippen molar-refractivity contribution >= 4 is 12.6 Å². The third-order valence-electron chi connectivity index (χ3n) is 2.87. The average molecular weight is 224 g/mol. The van der Waals surface area contributed by atoms with Crippen molar-refractivity contribution in [2.45, 2.75) is 31.9 Å². The maximum Gasteiger partial charge on any atom is 0.118 e. The van der Waals surface area contributed by atoms with Gasteiger partial charge in [-0.05, 0) is 36.5 Å². The minimum absolute atomic E-state index is 0.475. The predicted molar refractivity (Wildman–Crippen MR) is 68.9 cm³/mol. The molecule has 0 amide bonds. The summed E-state index contributed by atoms with van der Waals surface area (Å²) < 4.78 is 5.12. The Balaban J connectivity index is 2.44. The quantitative estimate of drug-likeness (QED) is 0.752. The lowest BCUT2D eigenvalue weighted by Gasteiger charge is -2.14. The number of methoxy groups -OCH3 is 1. The first kappa shape index (κ1) is 12.4. The lowest BCUT2D eigenvalue weighted by atomic mass is 9.99. The summed E-state index contributed by atoms with van der Waals surface area (Å²) in [5, 5.41) is 0.475. The summed E-state index contributed by atoms with van der Waals surface area (Å²) in [5.74, 6) is 1.59. The van der Waals surface area contributed by atoms with Gasteiger partial charge in [-0.2, -0.15) is 12.6 Å². The molecule has 0 aliphatic rings. The largest absolute Gasteiger partial charge is 0.497 e. The fourth-order valence-corrected chi connectivity index (χ4v) is 1.58. The van der Waals surface area contributed by atoms with Crippen LogP contribution in [0.4, 0.5) is 0 Å². The Morgan fingerprint density at radius 2 is 1.80 bits per heavy atom. The molecule has 0 heterocycles. The van der Waals surface area contributed by atoms with Gasteiger partial charge in [0, 0.05) is 5.25 Å². The molecule has 2 heteroatoms. The fourth-order valence-electron chi connectivity index (χ4n) is 1.43. The zero-order valence-corrected chi connectivity index (χ0v) is 10.6. The number of benzene rings is 1. The molecule has 2 atom stereocenters. The molecule has 1 aromatic rings. The number of ether oxygens (including phenoxy) is 1. The van der Waals surface area contributed by atoms with Crippen LogP contribution < -0.4 is 4.74 Å². The molecule has 0 spiro atoms. The maximum absolute atomic E-state index is 5.12. The molecule has 15 heavy (non-hydrogen) atoms. The average Bonchev–Trinajstić information content (AvgIpc) is 2.26. The third kappa shape index (κ3) is 4.17. The second-order valence-electron chi connectivity index (χ2n) is 4.10. The van der Waals surface area contributed by atoms with E-state index in [0.29, 0.717) is 11.2 Å². The van der Waals surface area contributed by atoms with Crippen LogP contribution in [0.15, 0.2) is 24.3 Å². The summed E-state index contributed by atoms with van der Waals surface area (Å²) in [4.78, 5) is 0. The molecule has 0 N–H and O–H groups in total. The van der Waals surface area contributed by atoms with E-state index in [0.717, 1.165) is 12.2 Å². The van der Waals surface area contributed by atoms with Gasteiger partial charge in [-0.15, -0.1) is 0 Å². The van der Waals surface area contributed by atoms with E-state index in [2.05, 4.69) is 38.6 Å². The van der Waals surface area contributed by atoms with Crippen molar-refractivity contribution in [3.05, 3.63) is 29.8 Å². The molecule has 0 aliphatic carbocycles. The Morgan fingerprint density at radius 3 is 2.27 bits per heavy atom. The number of rotatable bonds is 5. The first-order valence-corrected chi connectivity index (χ1v) is 5.96. The number of hydrogen-bond acceptors (Lipinski definition) is 2. The number of thiol groups is 1. The Labute approximate surface area is 98.3 Å². The van der Waals surface area contributed by atoms with Gasteiger partial charge in [-0.1, -0.05) is 26.0 Å². The zero-order chi connectivity index (χ0) is 11.3. The highest BCUT2D eigenvalue weighted by atomic mass is 32.1. The maximum atomic E-state index is 5.12. The van der Waals surface area contributed by atoms with Crippen LogP contribution in [-0.4, -0.2) is 12.4 Å². The SMILES string of the molecule is COc1ccc(CCC(C)C(C)S)cc1. The molecule has 0 saturated heterocycles. The topological polar surface area (TPSA) is 9.23 Å². The first-order valence-electron chi connectivity index (χ1n) is 5.44. The lowest BCUT2D eigenvalue weighted by molar-refractivity contribution is 0.414. The van der Waals surface area contributed by atoms with Crippen LogP contribution in [0.1, 0.15) is 25.8 Å². The van der Waals surface area contributed by atoms with E-state index in [1.165, 1.54) is 12.0 Å². The highest BCUT2D eigenvalue weighted by Crippen LogP contribution is 2.18. The van der Waals surface area contributed by atoms with E-state index in [9.17, 15) is 0 Å². The fraction of sp³-hybridized carbons (Fsp3) is 0.538. The molecule has 0 fully saturated rings. The van der Waals surface area contributed by atoms with Crippen LogP contribution in [0.2, 0.25) is 0 Å². The van der Waals surface area contributed by atoms with Gasteiger partial charge in [-0.25, -0.2) is 0 Å². The van der Waals surface area contributed by atoms with E-state index in [1.54, 1.807) is 7.11 Å². The second kappa shape index (κ2) is 6.06. The van der Waals surface area contributed by atoms with Gasteiger partial charge >= 0.3 is 0 Å². The van der Waals surface area contributed by atoms with E-state index in [1.807, 2.05) is 12.1 Å². The van der Waals surface area contributed by atoms with Crippen molar-refractivity contribution in [2.75, 3.05) is 7.11 Å². The highest BCUT2D eigenvalue weighted by Gasteiger charge is 2.07. The zero-order valence-electron chi connectivity index (χ0n) is 9.73. The van der Waals surface area contributed by atoms with E-state index in [-0.39, 0.29) is 0 Å². The molecule has 1 aromatic carbocycles. The van der Waals surface area contributed by atoms with Gasteiger partial charge in [0.15, 0.2) is 0 Å². The van der Waals surface area contributed by atoms with Gasteiger partial charge < -0.3 is 4.74 Å². The summed E-state index contributed by atoms with van der Waals surface area (Å²) in [6.45, 7) is 4.41. The van der Waals surface area contributed by atoms with Crippen molar-refractivity contribution in [1.29, 1.82) is 0 Å². The Hall–Kier alpha value is -0.630. The minimum Gasteiger partial charge on any atom is -0.497 e. The summed E-state index contributed by atoms with van der Waals surface area (Å²) in [6, 6.07) is 8.30. The third-order valence-corrected chi connectivity index (χ3v) is 3.38. The summed E-state index contributed by atoms with van der Waals surface area (Å²) in [7, 11) is 1.69. The van der Waals surface area contributed by atoms with Crippen LogP contribution in [0.3, 0.4) is 0 Å². The lowest BCUT2D eigenvalue weighted by Crippen LogP contribution is -2.08. The van der Waals surface area contributed by atoms with Crippen molar-refractivity contribution < 1.29 is 4.74 Å². The van der Waals surface area contributed by atoms with Gasteiger partial charge in [0.2, 0.25) is 0 Å². The van der Waals surface area contributed by atoms with Gasteiger partial charge in [-0.3, -0.25) is 0 Å². The predicted octanol–water partition coefficient (Wildman–Crippen LogP) is 3.58. The van der Waals surface area contributed by atoms with Gasteiger partial charge in [0.25, 0.3) is 0 Å². The van der Waals surface area contributed by atoms with Crippen LogP contribution in [0, 0.1) is 5.92 Å². The monoisotopic (exact) mass is 224 g/mol. The van der Waals surface area contributed by atoms with E-state index in [4.69, 9.17) is 4.74 Å². The molecule has 0 aromatic heterocycles. The van der Waals surface area contributed by atoms with Crippen molar-refractivity contribution in [2.24, 2.45) is 5.92 Å². The second-order valence-corrected chi connectivity index (χ2v) is 4.92. The van der Waals surface area contributed by atoms with Crippen LogP contribution in [0.25, 0.3) is 0 Å². The normalized spacial score (nSPS) is 14.7. The molecule has 0 bridgehead atoms.